The fourth-order valence-corrected chi connectivity index (χ4v) is 3.34. The zero-order chi connectivity index (χ0) is 16.7. The van der Waals surface area contributed by atoms with Crippen LogP contribution in [-0.2, 0) is 4.74 Å². The molecule has 1 aromatic rings. The number of benzene rings is 1. The topological polar surface area (TPSA) is 53.0 Å². The monoisotopic (exact) mass is 318 g/mol. The molecule has 0 spiro atoms. The molecule has 3 rings (SSSR count). The molecule has 2 aliphatic heterocycles. The lowest BCUT2D eigenvalue weighted by Gasteiger charge is -2.31. The molecule has 0 bridgehead atoms. The van der Waals surface area contributed by atoms with E-state index in [0.717, 1.165) is 18.8 Å². The Morgan fingerprint density at radius 3 is 2.39 bits per heavy atom. The first-order chi connectivity index (χ1) is 10.8. The van der Waals surface area contributed by atoms with Crippen molar-refractivity contribution in [2.24, 2.45) is 5.41 Å². The number of aliphatic hydroxyl groups is 1. The van der Waals surface area contributed by atoms with Crippen LogP contribution in [0.15, 0.2) is 24.3 Å². The van der Waals surface area contributed by atoms with E-state index in [1.54, 1.807) is 4.90 Å². The van der Waals surface area contributed by atoms with Gasteiger partial charge in [0.05, 0.1) is 30.9 Å². The Balaban J connectivity index is 1.86. The normalized spacial score (nSPS) is 27.3. The molecule has 0 aliphatic carbocycles. The summed E-state index contributed by atoms with van der Waals surface area (Å²) in [5, 5.41) is 10.6. The highest BCUT2D eigenvalue weighted by Crippen LogP contribution is 2.39. The Hall–Kier alpha value is -1.59. The maximum atomic E-state index is 13.0. The molecule has 1 aromatic carbocycles. The molecule has 23 heavy (non-hydrogen) atoms. The Labute approximate surface area is 137 Å². The third-order valence-electron chi connectivity index (χ3n) is 5.32. The van der Waals surface area contributed by atoms with Crippen LogP contribution in [0, 0.1) is 5.41 Å². The van der Waals surface area contributed by atoms with Crippen molar-refractivity contribution in [3.63, 3.8) is 0 Å². The second-order valence-electron chi connectivity index (χ2n) is 7.44. The minimum Gasteiger partial charge on any atom is -0.388 e. The van der Waals surface area contributed by atoms with E-state index in [1.165, 1.54) is 0 Å². The number of nitrogens with zero attached hydrogens (tertiary/aromatic N) is 2. The molecule has 0 unspecified atom stereocenters. The van der Waals surface area contributed by atoms with Crippen LogP contribution in [0.1, 0.15) is 31.1 Å². The molecule has 1 amide bonds. The van der Waals surface area contributed by atoms with Crippen LogP contribution in [0.4, 0.5) is 5.69 Å². The van der Waals surface area contributed by atoms with E-state index in [0.29, 0.717) is 31.9 Å². The number of hydrogen-bond acceptors (Lipinski definition) is 4. The maximum Gasteiger partial charge on any atom is 0.256 e. The molecular weight excluding hydrogens is 292 g/mol. The summed E-state index contributed by atoms with van der Waals surface area (Å²) in [6, 6.07) is 7.74. The van der Waals surface area contributed by atoms with E-state index in [1.807, 2.05) is 45.0 Å². The number of hydrogen-bond donors (Lipinski definition) is 1. The van der Waals surface area contributed by atoms with E-state index in [-0.39, 0.29) is 11.3 Å². The number of ether oxygens (including phenoxy) is 1. The summed E-state index contributed by atoms with van der Waals surface area (Å²) in [5.74, 6) is -0.00191. The van der Waals surface area contributed by atoms with Gasteiger partial charge in [0, 0.05) is 30.7 Å². The smallest absolute Gasteiger partial charge is 0.256 e. The minimum absolute atomic E-state index is 0.00191. The Morgan fingerprint density at radius 1 is 1.13 bits per heavy atom. The molecule has 126 valence electrons. The SMILES string of the molecule is CC1(C)CN(C(=O)c2ccccc2N2CCOCC2)C[C@@]1(C)O. The number of morpholine rings is 1. The van der Waals surface area contributed by atoms with Gasteiger partial charge in [-0.25, -0.2) is 0 Å². The predicted octanol–water partition coefficient (Wildman–Crippen LogP) is 1.76. The molecule has 0 saturated carbocycles. The summed E-state index contributed by atoms with van der Waals surface area (Å²) in [6.07, 6.45) is 0. The molecule has 1 atom stereocenters. The van der Waals surface area contributed by atoms with Crippen molar-refractivity contribution in [3.05, 3.63) is 29.8 Å². The van der Waals surface area contributed by atoms with E-state index in [4.69, 9.17) is 4.74 Å². The average molecular weight is 318 g/mol. The van der Waals surface area contributed by atoms with Gasteiger partial charge in [-0.15, -0.1) is 0 Å². The highest BCUT2D eigenvalue weighted by Gasteiger charge is 2.49. The van der Waals surface area contributed by atoms with E-state index >= 15 is 0 Å². The lowest BCUT2D eigenvalue weighted by molar-refractivity contribution is -0.0108. The third-order valence-corrected chi connectivity index (χ3v) is 5.32. The average Bonchev–Trinajstić information content (AvgIpc) is 2.75. The van der Waals surface area contributed by atoms with E-state index < -0.39 is 5.60 Å². The molecule has 2 aliphatic rings. The van der Waals surface area contributed by atoms with E-state index in [9.17, 15) is 9.90 Å². The van der Waals surface area contributed by atoms with Gasteiger partial charge in [0.15, 0.2) is 0 Å². The Bertz CT molecular complexity index is 576. The number of amides is 1. The first-order valence-corrected chi connectivity index (χ1v) is 8.25. The number of carbonyl (C=O) groups is 1. The van der Waals surface area contributed by atoms with Crippen LogP contribution in [0.25, 0.3) is 0 Å². The van der Waals surface area contributed by atoms with Crippen molar-refractivity contribution in [2.75, 3.05) is 44.3 Å². The van der Waals surface area contributed by atoms with Gasteiger partial charge in [0.1, 0.15) is 0 Å². The zero-order valence-corrected chi connectivity index (χ0v) is 14.2. The van der Waals surface area contributed by atoms with Crippen molar-refractivity contribution in [3.8, 4) is 0 Å². The van der Waals surface area contributed by atoms with Crippen molar-refractivity contribution >= 4 is 11.6 Å². The molecule has 2 heterocycles. The van der Waals surface area contributed by atoms with Gasteiger partial charge < -0.3 is 19.6 Å². The standard InChI is InChI=1S/C18H26N2O3/c1-17(2)12-20(13-18(17,3)22)16(21)14-6-4-5-7-15(14)19-8-10-23-11-9-19/h4-7,22H,8-13H2,1-3H3/t18-/m1/s1. The minimum atomic E-state index is -0.865. The summed E-state index contributed by atoms with van der Waals surface area (Å²) in [6.45, 7) is 9.74. The van der Waals surface area contributed by atoms with Crippen LogP contribution >= 0.6 is 0 Å². The second kappa shape index (κ2) is 5.80. The maximum absolute atomic E-state index is 13.0. The fourth-order valence-electron chi connectivity index (χ4n) is 3.34. The van der Waals surface area contributed by atoms with Gasteiger partial charge in [-0.3, -0.25) is 4.79 Å². The van der Waals surface area contributed by atoms with Crippen molar-refractivity contribution in [1.82, 2.24) is 4.90 Å². The first kappa shape index (κ1) is 16.3. The molecule has 2 saturated heterocycles. The van der Waals surface area contributed by atoms with Crippen molar-refractivity contribution < 1.29 is 14.6 Å². The van der Waals surface area contributed by atoms with Gasteiger partial charge in [-0.1, -0.05) is 26.0 Å². The summed E-state index contributed by atoms with van der Waals surface area (Å²) in [7, 11) is 0. The summed E-state index contributed by atoms with van der Waals surface area (Å²) in [4.78, 5) is 17.0. The molecule has 1 N–H and O–H groups in total. The number of para-hydroxylation sites is 1. The molecule has 2 fully saturated rings. The second-order valence-corrected chi connectivity index (χ2v) is 7.44. The van der Waals surface area contributed by atoms with Crippen molar-refractivity contribution in [2.45, 2.75) is 26.4 Å². The predicted molar refractivity (Wildman–Crippen MR) is 89.8 cm³/mol. The number of carbonyl (C=O) groups excluding carboxylic acids is 1. The fraction of sp³-hybridized carbons (Fsp3) is 0.611. The van der Waals surface area contributed by atoms with Crippen molar-refractivity contribution in [1.29, 1.82) is 0 Å². The molecule has 0 radical (unpaired) electrons. The lowest BCUT2D eigenvalue weighted by Crippen LogP contribution is -2.40. The Kier molecular flexibility index (Phi) is 4.10. The van der Waals surface area contributed by atoms with E-state index in [2.05, 4.69) is 4.90 Å². The summed E-state index contributed by atoms with van der Waals surface area (Å²) >= 11 is 0. The first-order valence-electron chi connectivity index (χ1n) is 8.25. The highest BCUT2D eigenvalue weighted by atomic mass is 16.5. The molecular formula is C18H26N2O3. The molecule has 0 aromatic heterocycles. The van der Waals surface area contributed by atoms with Crippen LogP contribution < -0.4 is 4.90 Å². The van der Waals surface area contributed by atoms with Crippen LogP contribution in [0.5, 0.6) is 0 Å². The Morgan fingerprint density at radius 2 is 1.78 bits per heavy atom. The highest BCUT2D eigenvalue weighted by molar-refractivity contribution is 6.00. The van der Waals surface area contributed by atoms with Gasteiger partial charge in [-0.2, -0.15) is 0 Å². The van der Waals surface area contributed by atoms with Gasteiger partial charge in [0.2, 0.25) is 0 Å². The lowest BCUT2D eigenvalue weighted by atomic mass is 9.79. The van der Waals surface area contributed by atoms with Gasteiger partial charge in [-0.05, 0) is 19.1 Å². The summed E-state index contributed by atoms with van der Waals surface area (Å²) < 4.78 is 5.41. The van der Waals surface area contributed by atoms with Gasteiger partial charge in [0.25, 0.3) is 5.91 Å². The van der Waals surface area contributed by atoms with Gasteiger partial charge >= 0.3 is 0 Å². The van der Waals surface area contributed by atoms with Crippen LogP contribution in [0.3, 0.4) is 0 Å². The number of anilines is 1. The van der Waals surface area contributed by atoms with Crippen LogP contribution in [-0.4, -0.2) is 60.9 Å². The number of β-amino-alcohol motifs (C(OH)–C–C–N with tert-alkyl or cyclic N) is 1. The zero-order valence-electron chi connectivity index (χ0n) is 14.2. The van der Waals surface area contributed by atoms with Crippen LogP contribution in [0.2, 0.25) is 0 Å². The number of likely N-dealkylation sites (tertiary alicyclic amines) is 1. The summed E-state index contributed by atoms with van der Waals surface area (Å²) in [5.41, 5.74) is 0.501. The third kappa shape index (κ3) is 2.95. The molecule has 5 heteroatoms. The quantitative estimate of drug-likeness (QED) is 0.903. The molecule has 5 nitrogen and oxygen atoms in total. The number of rotatable bonds is 2. The largest absolute Gasteiger partial charge is 0.388 e.